The third-order valence-electron chi connectivity index (χ3n) is 7.35. The number of aromatic nitrogens is 3. The molecular formula is C25H27FN6O3. The summed E-state index contributed by atoms with van der Waals surface area (Å²) in [5.74, 6) is 2.29. The summed E-state index contributed by atoms with van der Waals surface area (Å²) in [5, 5.41) is 6.39. The molecule has 2 N–H and O–H groups in total. The molecule has 1 saturated carbocycles. The number of rotatable bonds is 7. The largest absolute Gasteiger partial charge is 0.481 e. The molecular weight excluding hydrogens is 451 g/mol. The van der Waals surface area contributed by atoms with Crippen molar-refractivity contribution in [2.24, 2.45) is 11.8 Å². The van der Waals surface area contributed by atoms with Gasteiger partial charge in [0.25, 0.3) is 5.91 Å². The average molecular weight is 479 g/mol. The maximum Gasteiger partial charge on any atom is 0.263 e. The highest BCUT2D eigenvalue weighted by molar-refractivity contribution is 5.94. The van der Waals surface area contributed by atoms with Crippen molar-refractivity contribution >= 4 is 22.8 Å². The first-order valence-corrected chi connectivity index (χ1v) is 11.9. The van der Waals surface area contributed by atoms with Gasteiger partial charge < -0.3 is 25.0 Å². The molecule has 10 heteroatoms. The predicted octanol–water partition coefficient (Wildman–Crippen LogP) is 2.16. The third-order valence-corrected chi connectivity index (χ3v) is 7.35. The van der Waals surface area contributed by atoms with Crippen LogP contribution in [0.3, 0.4) is 0 Å². The SMILES string of the molecule is COc1ccc2ncc(F)c(CCN3C[C@H]4C[C@H](NCc5ccc6c(n5)NC(=O)CO6)[C@H]4C3)c2n1. The van der Waals surface area contributed by atoms with E-state index in [4.69, 9.17) is 9.47 Å². The molecule has 1 aliphatic carbocycles. The van der Waals surface area contributed by atoms with E-state index in [1.807, 2.05) is 18.2 Å². The fourth-order valence-corrected chi connectivity index (χ4v) is 5.45. The van der Waals surface area contributed by atoms with Gasteiger partial charge in [-0.15, -0.1) is 0 Å². The number of hydrogen-bond acceptors (Lipinski definition) is 8. The third kappa shape index (κ3) is 4.28. The summed E-state index contributed by atoms with van der Waals surface area (Å²) in [6.45, 7) is 3.47. The molecule has 1 amide bonds. The summed E-state index contributed by atoms with van der Waals surface area (Å²) < 4.78 is 25.2. The van der Waals surface area contributed by atoms with Crippen LogP contribution in [0.1, 0.15) is 17.7 Å². The normalized spacial score (nSPS) is 23.3. The second-order valence-corrected chi connectivity index (χ2v) is 9.45. The average Bonchev–Trinajstić information content (AvgIpc) is 3.18. The highest BCUT2D eigenvalue weighted by Crippen LogP contribution is 2.41. The van der Waals surface area contributed by atoms with Crippen LogP contribution < -0.4 is 20.1 Å². The van der Waals surface area contributed by atoms with E-state index in [9.17, 15) is 9.18 Å². The van der Waals surface area contributed by atoms with E-state index in [0.717, 1.165) is 31.7 Å². The molecule has 0 radical (unpaired) electrons. The number of anilines is 1. The van der Waals surface area contributed by atoms with Gasteiger partial charge in [0.2, 0.25) is 5.88 Å². The number of nitrogens with zero attached hydrogens (tertiary/aromatic N) is 4. The van der Waals surface area contributed by atoms with Crippen LogP contribution in [0.2, 0.25) is 0 Å². The van der Waals surface area contributed by atoms with Crippen molar-refractivity contribution in [2.75, 3.05) is 38.7 Å². The Balaban J connectivity index is 1.05. The van der Waals surface area contributed by atoms with Gasteiger partial charge in [-0.25, -0.2) is 14.4 Å². The van der Waals surface area contributed by atoms with Gasteiger partial charge in [0.05, 0.1) is 30.0 Å². The zero-order chi connectivity index (χ0) is 23.9. The van der Waals surface area contributed by atoms with E-state index < -0.39 is 0 Å². The van der Waals surface area contributed by atoms with Crippen LogP contribution >= 0.6 is 0 Å². The minimum absolute atomic E-state index is 0.0304. The Bertz CT molecular complexity index is 1290. The van der Waals surface area contributed by atoms with E-state index in [1.54, 1.807) is 13.2 Å². The zero-order valence-electron chi connectivity index (χ0n) is 19.5. The van der Waals surface area contributed by atoms with Gasteiger partial charge >= 0.3 is 0 Å². The first-order valence-electron chi connectivity index (χ1n) is 11.9. The van der Waals surface area contributed by atoms with Crippen LogP contribution in [-0.4, -0.2) is 65.2 Å². The van der Waals surface area contributed by atoms with E-state index in [-0.39, 0.29) is 18.3 Å². The molecule has 0 bridgehead atoms. The lowest BCUT2D eigenvalue weighted by molar-refractivity contribution is -0.118. The molecule has 2 aliphatic heterocycles. The van der Waals surface area contributed by atoms with Crippen molar-refractivity contribution in [1.29, 1.82) is 0 Å². The van der Waals surface area contributed by atoms with Crippen LogP contribution in [-0.2, 0) is 17.8 Å². The standard InChI is InChI=1S/C25H27FN6O3/c1-34-23-5-3-19-24(31-23)16(18(26)10-28-19)6-7-32-11-14-8-20(17(14)12-32)27-9-15-2-4-21-25(29-15)30-22(33)13-35-21/h2-5,10,14,17,20,27H,6-9,11-13H2,1H3,(H,29,30,33)/t14-,17+,20+/m1/s1. The van der Waals surface area contributed by atoms with Crippen molar-refractivity contribution in [2.45, 2.75) is 25.4 Å². The summed E-state index contributed by atoms with van der Waals surface area (Å²) in [6.07, 6.45) is 2.98. The van der Waals surface area contributed by atoms with E-state index in [2.05, 4.69) is 30.5 Å². The van der Waals surface area contributed by atoms with Gasteiger partial charge in [-0.3, -0.25) is 9.78 Å². The van der Waals surface area contributed by atoms with Crippen LogP contribution in [0, 0.1) is 17.7 Å². The quantitative estimate of drug-likeness (QED) is 0.533. The Morgan fingerprint density at radius 1 is 1.26 bits per heavy atom. The molecule has 182 valence electrons. The molecule has 3 aliphatic rings. The Hall–Kier alpha value is -3.37. The predicted molar refractivity (Wildman–Crippen MR) is 127 cm³/mol. The Kier molecular flexibility index (Phi) is 5.69. The lowest BCUT2D eigenvalue weighted by Crippen LogP contribution is -2.49. The zero-order valence-corrected chi connectivity index (χ0v) is 19.5. The first-order chi connectivity index (χ1) is 17.1. The Morgan fingerprint density at radius 2 is 2.17 bits per heavy atom. The molecule has 3 aromatic heterocycles. The number of nitrogens with one attached hydrogen (secondary N) is 2. The number of pyridine rings is 3. The number of fused-ring (bicyclic) bond motifs is 3. The van der Waals surface area contributed by atoms with Gasteiger partial charge in [0.15, 0.2) is 18.2 Å². The number of likely N-dealkylation sites (tertiary alicyclic amines) is 1. The molecule has 3 aromatic rings. The van der Waals surface area contributed by atoms with E-state index >= 15 is 0 Å². The number of hydrogen-bond donors (Lipinski definition) is 2. The summed E-state index contributed by atoms with van der Waals surface area (Å²) >= 11 is 0. The minimum atomic E-state index is -0.320. The Labute approximate surface area is 202 Å². The van der Waals surface area contributed by atoms with Crippen LogP contribution in [0.4, 0.5) is 10.2 Å². The number of carbonyl (C=O) groups excluding carboxylic acids is 1. The lowest BCUT2D eigenvalue weighted by Gasteiger charge is -2.40. The molecule has 6 rings (SSSR count). The fourth-order valence-electron chi connectivity index (χ4n) is 5.45. The monoisotopic (exact) mass is 478 g/mol. The van der Waals surface area contributed by atoms with Crippen LogP contribution in [0.15, 0.2) is 30.5 Å². The molecule has 3 atom stereocenters. The van der Waals surface area contributed by atoms with Crippen molar-refractivity contribution in [3.05, 3.63) is 47.5 Å². The van der Waals surface area contributed by atoms with Gasteiger partial charge in [-0.05, 0) is 42.9 Å². The summed E-state index contributed by atoms with van der Waals surface area (Å²) in [4.78, 5) is 27.1. The van der Waals surface area contributed by atoms with Crippen molar-refractivity contribution < 1.29 is 18.7 Å². The molecule has 35 heavy (non-hydrogen) atoms. The van der Waals surface area contributed by atoms with Gasteiger partial charge in [-0.2, -0.15) is 0 Å². The summed E-state index contributed by atoms with van der Waals surface area (Å²) in [5.41, 5.74) is 2.72. The second-order valence-electron chi connectivity index (χ2n) is 9.45. The van der Waals surface area contributed by atoms with Crippen molar-refractivity contribution in [3.63, 3.8) is 0 Å². The fraction of sp³-hybridized carbons (Fsp3) is 0.440. The molecule has 5 heterocycles. The summed E-state index contributed by atoms with van der Waals surface area (Å²) in [7, 11) is 1.55. The van der Waals surface area contributed by atoms with Gasteiger partial charge in [0, 0.05) is 43.9 Å². The first kappa shape index (κ1) is 22.1. The number of halogens is 1. The highest BCUT2D eigenvalue weighted by Gasteiger charge is 2.46. The molecule has 2 fully saturated rings. The smallest absolute Gasteiger partial charge is 0.263 e. The van der Waals surface area contributed by atoms with Crippen molar-refractivity contribution in [3.8, 4) is 11.6 Å². The topological polar surface area (TPSA) is 102 Å². The molecule has 0 spiro atoms. The van der Waals surface area contributed by atoms with Crippen LogP contribution in [0.25, 0.3) is 11.0 Å². The number of methoxy groups -OCH3 is 1. The number of ether oxygens (including phenoxy) is 2. The molecule has 0 aromatic carbocycles. The number of amides is 1. The number of carbonyl (C=O) groups is 1. The second kappa shape index (κ2) is 9.01. The molecule has 9 nitrogen and oxygen atoms in total. The maximum atomic E-state index is 14.6. The maximum absolute atomic E-state index is 14.6. The summed E-state index contributed by atoms with van der Waals surface area (Å²) in [6, 6.07) is 7.77. The minimum Gasteiger partial charge on any atom is -0.481 e. The highest BCUT2D eigenvalue weighted by atomic mass is 19.1. The van der Waals surface area contributed by atoms with Gasteiger partial charge in [-0.1, -0.05) is 0 Å². The van der Waals surface area contributed by atoms with Crippen molar-refractivity contribution in [1.82, 2.24) is 25.2 Å². The lowest BCUT2D eigenvalue weighted by atomic mass is 9.71. The van der Waals surface area contributed by atoms with Crippen LogP contribution in [0.5, 0.6) is 11.6 Å². The molecule has 0 unspecified atom stereocenters. The van der Waals surface area contributed by atoms with E-state index in [0.29, 0.717) is 64.9 Å². The Morgan fingerprint density at radius 3 is 3.06 bits per heavy atom. The van der Waals surface area contributed by atoms with Gasteiger partial charge in [0.1, 0.15) is 5.82 Å². The van der Waals surface area contributed by atoms with E-state index in [1.165, 1.54) is 6.20 Å². The molecule has 1 saturated heterocycles.